The van der Waals surface area contributed by atoms with Crippen LogP contribution in [-0.4, -0.2) is 35.1 Å². The molecule has 31 heavy (non-hydrogen) atoms. The lowest BCUT2D eigenvalue weighted by Gasteiger charge is -2.04. The molecule has 0 aliphatic rings. The Hall–Kier alpha value is -4.39. The fraction of sp³-hybridized carbons (Fsp3) is 0.0417. The van der Waals surface area contributed by atoms with Gasteiger partial charge >= 0.3 is 0 Å². The number of benzene rings is 1. The van der Waals surface area contributed by atoms with E-state index >= 15 is 0 Å². The summed E-state index contributed by atoms with van der Waals surface area (Å²) in [5, 5.41) is 7.58. The van der Waals surface area contributed by atoms with E-state index in [1.807, 2.05) is 60.8 Å². The van der Waals surface area contributed by atoms with Gasteiger partial charge in [0, 0.05) is 29.7 Å². The fourth-order valence-electron chi connectivity index (χ4n) is 3.82. The molecule has 0 aliphatic carbocycles. The minimum Gasteiger partial charge on any atom is -0.336 e. The number of aryl methyl sites for hydroxylation is 1. The van der Waals surface area contributed by atoms with E-state index in [-0.39, 0.29) is 0 Å². The second-order valence-corrected chi connectivity index (χ2v) is 7.36. The highest BCUT2D eigenvalue weighted by atomic mass is 15.1. The van der Waals surface area contributed by atoms with Gasteiger partial charge in [0.25, 0.3) is 0 Å². The molecule has 0 unspecified atom stereocenters. The van der Waals surface area contributed by atoms with E-state index in [9.17, 15) is 0 Å². The van der Waals surface area contributed by atoms with Gasteiger partial charge in [0.15, 0.2) is 11.5 Å². The number of nitrogens with zero attached hydrogens (tertiary/aromatic N) is 5. The first-order valence-electron chi connectivity index (χ1n) is 9.94. The second-order valence-electron chi connectivity index (χ2n) is 7.36. The van der Waals surface area contributed by atoms with Crippen LogP contribution >= 0.6 is 0 Å². The number of pyridine rings is 3. The van der Waals surface area contributed by atoms with Crippen LogP contribution in [0.25, 0.3) is 56.1 Å². The number of nitrogens with one attached hydrogen (secondary N) is 2. The first kappa shape index (κ1) is 17.5. The maximum Gasteiger partial charge on any atom is 0.161 e. The minimum absolute atomic E-state index is 0.664. The van der Waals surface area contributed by atoms with Crippen molar-refractivity contribution in [1.29, 1.82) is 0 Å². The van der Waals surface area contributed by atoms with E-state index in [0.717, 1.165) is 50.1 Å². The summed E-state index contributed by atoms with van der Waals surface area (Å²) in [6.07, 6.45) is 5.41. The van der Waals surface area contributed by atoms with Gasteiger partial charge in [0.2, 0.25) is 0 Å². The number of aromatic amines is 2. The molecule has 0 saturated carbocycles. The van der Waals surface area contributed by atoms with Gasteiger partial charge in [0.1, 0.15) is 5.52 Å². The molecule has 7 heteroatoms. The van der Waals surface area contributed by atoms with Crippen molar-refractivity contribution in [3.05, 3.63) is 78.8 Å². The highest BCUT2D eigenvalue weighted by molar-refractivity contribution is 5.95. The fourth-order valence-corrected chi connectivity index (χ4v) is 3.82. The molecule has 0 atom stereocenters. The van der Waals surface area contributed by atoms with Crippen molar-refractivity contribution < 1.29 is 0 Å². The zero-order valence-corrected chi connectivity index (χ0v) is 16.7. The third-order valence-electron chi connectivity index (χ3n) is 5.40. The van der Waals surface area contributed by atoms with Crippen LogP contribution in [0.15, 0.2) is 73.2 Å². The third-order valence-corrected chi connectivity index (χ3v) is 5.40. The average molecular weight is 403 g/mol. The van der Waals surface area contributed by atoms with Crippen LogP contribution in [-0.2, 0) is 0 Å². The molecule has 0 saturated heterocycles. The molecule has 5 aromatic heterocycles. The number of fused-ring (bicyclic) bond motifs is 2. The van der Waals surface area contributed by atoms with Crippen LogP contribution in [0.1, 0.15) is 5.56 Å². The van der Waals surface area contributed by atoms with Gasteiger partial charge < -0.3 is 4.98 Å². The summed E-state index contributed by atoms with van der Waals surface area (Å²) in [5.74, 6) is 0.664. The van der Waals surface area contributed by atoms with Crippen LogP contribution in [0.4, 0.5) is 0 Å². The highest BCUT2D eigenvalue weighted by Crippen LogP contribution is 2.31. The molecule has 6 aromatic rings. The molecule has 0 fully saturated rings. The predicted octanol–water partition coefficient (Wildman–Crippen LogP) is 4.93. The van der Waals surface area contributed by atoms with Crippen LogP contribution in [0.3, 0.4) is 0 Å². The minimum atomic E-state index is 0.664. The molecule has 6 rings (SSSR count). The second kappa shape index (κ2) is 6.84. The van der Waals surface area contributed by atoms with Crippen molar-refractivity contribution in [2.45, 2.75) is 6.92 Å². The Morgan fingerprint density at radius 2 is 1.71 bits per heavy atom. The summed E-state index contributed by atoms with van der Waals surface area (Å²) in [6.45, 7) is 2.05. The van der Waals surface area contributed by atoms with Crippen molar-refractivity contribution in [2.75, 3.05) is 0 Å². The Labute approximate surface area is 177 Å². The molecule has 148 valence electrons. The summed E-state index contributed by atoms with van der Waals surface area (Å²) in [7, 11) is 0. The largest absolute Gasteiger partial charge is 0.336 e. The Balaban J connectivity index is 1.52. The van der Waals surface area contributed by atoms with E-state index in [4.69, 9.17) is 9.97 Å². The van der Waals surface area contributed by atoms with Gasteiger partial charge in [-0.15, -0.1) is 0 Å². The summed E-state index contributed by atoms with van der Waals surface area (Å²) in [5.41, 5.74) is 8.90. The maximum atomic E-state index is 4.89. The molecule has 0 amide bonds. The van der Waals surface area contributed by atoms with Crippen molar-refractivity contribution in [2.24, 2.45) is 0 Å². The van der Waals surface area contributed by atoms with E-state index in [1.165, 1.54) is 0 Å². The van der Waals surface area contributed by atoms with E-state index < -0.39 is 0 Å². The number of para-hydroxylation sites is 1. The van der Waals surface area contributed by atoms with E-state index in [1.54, 1.807) is 12.4 Å². The zero-order valence-electron chi connectivity index (χ0n) is 16.7. The maximum absolute atomic E-state index is 4.89. The van der Waals surface area contributed by atoms with E-state index in [2.05, 4.69) is 32.1 Å². The monoisotopic (exact) mass is 403 g/mol. The van der Waals surface area contributed by atoms with Crippen molar-refractivity contribution >= 4 is 22.1 Å². The first-order valence-corrected chi connectivity index (χ1v) is 9.94. The quantitative estimate of drug-likeness (QED) is 0.437. The molecular formula is C24H17N7. The molecule has 0 spiro atoms. The summed E-state index contributed by atoms with van der Waals surface area (Å²) in [4.78, 5) is 21.9. The topological polar surface area (TPSA) is 96.0 Å². The predicted molar refractivity (Wildman–Crippen MR) is 120 cm³/mol. The lowest BCUT2D eigenvalue weighted by Crippen LogP contribution is -1.90. The summed E-state index contributed by atoms with van der Waals surface area (Å²) < 4.78 is 0. The van der Waals surface area contributed by atoms with Crippen molar-refractivity contribution in [1.82, 2.24) is 35.1 Å². The van der Waals surface area contributed by atoms with Crippen molar-refractivity contribution in [3.63, 3.8) is 0 Å². The van der Waals surface area contributed by atoms with Gasteiger partial charge in [-0.2, -0.15) is 5.10 Å². The summed E-state index contributed by atoms with van der Waals surface area (Å²) in [6, 6.07) is 17.8. The molecule has 0 aliphatic heterocycles. The van der Waals surface area contributed by atoms with Crippen LogP contribution < -0.4 is 0 Å². The Bertz CT molecular complexity index is 1550. The van der Waals surface area contributed by atoms with Gasteiger partial charge in [-0.05, 0) is 48.9 Å². The molecule has 1 aromatic carbocycles. The van der Waals surface area contributed by atoms with Crippen LogP contribution in [0.5, 0.6) is 0 Å². The number of rotatable bonds is 3. The molecule has 2 N–H and O–H groups in total. The van der Waals surface area contributed by atoms with Gasteiger partial charge in [0.05, 0.1) is 27.9 Å². The smallest absolute Gasteiger partial charge is 0.161 e. The molecular weight excluding hydrogens is 386 g/mol. The number of aromatic nitrogens is 7. The van der Waals surface area contributed by atoms with Gasteiger partial charge in [-0.25, -0.2) is 9.97 Å². The molecule has 7 nitrogen and oxygen atoms in total. The molecule has 0 radical (unpaired) electrons. The summed E-state index contributed by atoms with van der Waals surface area (Å²) >= 11 is 0. The zero-order chi connectivity index (χ0) is 20.8. The number of H-pyrrole nitrogens is 2. The Kier molecular flexibility index (Phi) is 3.86. The number of hydrogen-bond acceptors (Lipinski definition) is 5. The lowest BCUT2D eigenvalue weighted by molar-refractivity contribution is 1.10. The van der Waals surface area contributed by atoms with Crippen LogP contribution in [0.2, 0.25) is 0 Å². The van der Waals surface area contributed by atoms with Gasteiger partial charge in [-0.3, -0.25) is 15.1 Å². The average Bonchev–Trinajstić information content (AvgIpc) is 3.43. The van der Waals surface area contributed by atoms with Crippen molar-refractivity contribution in [3.8, 4) is 34.0 Å². The van der Waals surface area contributed by atoms with E-state index in [0.29, 0.717) is 11.5 Å². The Morgan fingerprint density at radius 3 is 2.58 bits per heavy atom. The van der Waals surface area contributed by atoms with Gasteiger partial charge in [-0.1, -0.05) is 18.2 Å². The SMILES string of the molecule is Cc1ccncc1-c1ccc2[nH]nc(-c3nc4c(-c5ccccn5)cccc4[nH]3)c2n1. The normalized spacial score (nSPS) is 11.4. The van der Waals surface area contributed by atoms with Crippen LogP contribution in [0, 0.1) is 6.92 Å². The lowest BCUT2D eigenvalue weighted by atomic mass is 10.1. The highest BCUT2D eigenvalue weighted by Gasteiger charge is 2.17. The molecule has 5 heterocycles. The first-order chi connectivity index (χ1) is 15.3. The number of imidazole rings is 1. The molecule has 0 bridgehead atoms. The standard InChI is InChI=1S/C24H17N7/c1-14-10-12-25-13-16(14)18-8-9-20-22(27-18)23(31-30-20)24-28-19-7-4-5-15(21(19)29-24)17-6-2-3-11-26-17/h2-13H,1H3,(H,28,29)(H,30,31). The number of hydrogen-bond donors (Lipinski definition) is 2. The Morgan fingerprint density at radius 1 is 0.742 bits per heavy atom. The third kappa shape index (κ3) is 2.86.